The Hall–Kier alpha value is -4.35. The van der Waals surface area contributed by atoms with Crippen molar-refractivity contribution in [2.75, 3.05) is 7.11 Å². The molecule has 0 saturated heterocycles. The largest absolute Gasteiger partial charge is 0.496 e. The molecule has 0 unspecified atom stereocenters. The summed E-state index contributed by atoms with van der Waals surface area (Å²) < 4.78 is 29.4. The van der Waals surface area contributed by atoms with Crippen LogP contribution in [-0.4, -0.2) is 49.3 Å². The molecule has 0 aliphatic heterocycles. The van der Waals surface area contributed by atoms with Gasteiger partial charge in [0.25, 0.3) is 5.56 Å². The molecule has 14 heteroatoms. The first-order valence-electron chi connectivity index (χ1n) is 15.2. The topological polar surface area (TPSA) is 146 Å². The summed E-state index contributed by atoms with van der Waals surface area (Å²) in [7, 11) is 1.47. The Balaban J connectivity index is 1.74. The quantitative estimate of drug-likeness (QED) is 0.266. The van der Waals surface area contributed by atoms with E-state index in [1.54, 1.807) is 20.8 Å². The van der Waals surface area contributed by atoms with Gasteiger partial charge in [-0.2, -0.15) is 15.5 Å². The third-order valence-corrected chi connectivity index (χ3v) is 9.70. The van der Waals surface area contributed by atoms with Gasteiger partial charge in [0.1, 0.15) is 33.0 Å². The average molecular weight is 652 g/mol. The molecule has 1 aliphatic rings. The molecule has 1 amide bonds. The van der Waals surface area contributed by atoms with Gasteiger partial charge >= 0.3 is 5.69 Å². The summed E-state index contributed by atoms with van der Waals surface area (Å²) in [5.41, 5.74) is -1.99. The number of methoxy groups -OCH3 is 1. The molecule has 1 saturated carbocycles. The summed E-state index contributed by atoms with van der Waals surface area (Å²) in [6.07, 6.45) is 4.42. The minimum atomic E-state index is -1.57. The minimum Gasteiger partial charge on any atom is -0.496 e. The van der Waals surface area contributed by atoms with Crippen LogP contribution in [0.25, 0.3) is 15.2 Å². The number of hydrogen-bond donors (Lipinski definition) is 1. The third-order valence-electron chi connectivity index (χ3n) is 8.42. The molecule has 5 rings (SSSR count). The van der Waals surface area contributed by atoms with E-state index >= 15 is 0 Å². The van der Waals surface area contributed by atoms with E-state index in [-0.39, 0.29) is 30.0 Å². The molecule has 1 aliphatic carbocycles. The fourth-order valence-electron chi connectivity index (χ4n) is 5.94. The van der Waals surface area contributed by atoms with Crippen LogP contribution in [0.1, 0.15) is 70.6 Å². The van der Waals surface area contributed by atoms with Crippen LogP contribution in [0.4, 0.5) is 4.39 Å². The molecular formula is C32H38FN7O5S. The Morgan fingerprint density at radius 1 is 1.20 bits per heavy atom. The van der Waals surface area contributed by atoms with E-state index in [0.717, 1.165) is 15.9 Å². The van der Waals surface area contributed by atoms with Gasteiger partial charge in [0.05, 0.1) is 43.6 Å². The first-order valence-corrected chi connectivity index (χ1v) is 16.0. The lowest BCUT2D eigenvalue weighted by molar-refractivity contribution is -0.129. The lowest BCUT2D eigenvalue weighted by Gasteiger charge is -2.31. The number of rotatable bonds is 10. The van der Waals surface area contributed by atoms with Gasteiger partial charge in [-0.3, -0.25) is 14.2 Å². The summed E-state index contributed by atoms with van der Waals surface area (Å²) in [6.45, 7) is 8.26. The lowest BCUT2D eigenvalue weighted by Crippen LogP contribution is -2.56. The number of ether oxygens (including phenoxy) is 2. The fourth-order valence-corrected chi connectivity index (χ4v) is 7.16. The molecule has 0 spiro atoms. The summed E-state index contributed by atoms with van der Waals surface area (Å²) in [5, 5.41) is 21.5. The number of aryl methyl sites for hydroxylation is 1. The smallest absolute Gasteiger partial charge is 0.333 e. The van der Waals surface area contributed by atoms with Gasteiger partial charge in [0.15, 0.2) is 0 Å². The van der Waals surface area contributed by atoms with Crippen LogP contribution in [0.5, 0.6) is 5.75 Å². The number of fused-ring (bicyclic) bond motifs is 1. The first kappa shape index (κ1) is 33.0. The zero-order valence-electron chi connectivity index (χ0n) is 26.7. The fraction of sp³-hybridized carbons (Fsp3) is 0.500. The summed E-state index contributed by atoms with van der Waals surface area (Å²) in [5.74, 6) is -0.695. The van der Waals surface area contributed by atoms with E-state index in [9.17, 15) is 24.0 Å². The number of amides is 1. The average Bonchev–Trinajstić information content (AvgIpc) is 3.67. The number of thiophene rings is 1. The maximum atomic E-state index is 14.8. The van der Waals surface area contributed by atoms with Crippen LogP contribution in [0.2, 0.25) is 0 Å². The van der Waals surface area contributed by atoms with Crippen LogP contribution in [-0.2, 0) is 21.6 Å². The monoisotopic (exact) mass is 651 g/mol. The van der Waals surface area contributed by atoms with Crippen molar-refractivity contribution in [2.24, 2.45) is 5.92 Å². The van der Waals surface area contributed by atoms with E-state index in [0.29, 0.717) is 52.4 Å². The number of nitrogens with one attached hydrogen (secondary N) is 1. The second kappa shape index (κ2) is 13.2. The Morgan fingerprint density at radius 3 is 2.48 bits per heavy atom. The third kappa shape index (κ3) is 6.21. The highest BCUT2D eigenvalue weighted by Crippen LogP contribution is 2.37. The molecule has 0 bridgehead atoms. The molecule has 46 heavy (non-hydrogen) atoms. The maximum absolute atomic E-state index is 14.8. The molecule has 1 N–H and O–H groups in total. The molecule has 1 atom stereocenters. The normalized spacial score (nSPS) is 17.6. The SMILES string of the molecule is COc1ccc(F)cc1[C@H](Cn1c(=O)n(C(C)(C)C(=O)NC(C)C)c(=O)c2c(C)c(-n3nccn3)sc21)O[C@H]1CC[C@@H](C#N)CC1. The molecule has 1 aromatic carbocycles. The van der Waals surface area contributed by atoms with Gasteiger partial charge in [-0.05, 0) is 78.5 Å². The number of benzene rings is 1. The number of hydrogen-bond acceptors (Lipinski definition) is 9. The maximum Gasteiger partial charge on any atom is 0.333 e. The molecule has 244 valence electrons. The minimum absolute atomic E-state index is 0.0598. The van der Waals surface area contributed by atoms with Gasteiger partial charge in [-0.15, -0.1) is 4.80 Å². The van der Waals surface area contributed by atoms with Gasteiger partial charge in [0.2, 0.25) is 5.91 Å². The van der Waals surface area contributed by atoms with Crippen molar-refractivity contribution in [3.63, 3.8) is 0 Å². The van der Waals surface area contributed by atoms with E-state index in [1.165, 1.54) is 60.9 Å². The zero-order valence-corrected chi connectivity index (χ0v) is 27.6. The second-order valence-electron chi connectivity index (χ2n) is 12.4. The zero-order chi connectivity index (χ0) is 33.3. The highest BCUT2D eigenvalue weighted by molar-refractivity contribution is 7.21. The molecule has 1 fully saturated rings. The number of carbonyl (C=O) groups excluding carboxylic acids is 1. The standard InChI is InChI=1S/C32H38FN7O5S/c1-18(2)37-30(42)32(4,5)39-27(41)26-19(3)28(40-35-13-14-36-40)46-29(26)38(31(39)43)17-25(23-15-21(33)9-12-24(23)44-6)45-22-10-7-20(16-34)8-11-22/h9,12-15,18,20,22,25H,7-8,10-11,17H2,1-6H3,(H,37,42)/t20-,22+,25-/m0/s1. The molecule has 4 aromatic rings. The van der Waals surface area contributed by atoms with E-state index in [2.05, 4.69) is 21.6 Å². The van der Waals surface area contributed by atoms with Gasteiger partial charge in [0, 0.05) is 23.1 Å². The Morgan fingerprint density at radius 2 is 1.87 bits per heavy atom. The predicted octanol–water partition coefficient (Wildman–Crippen LogP) is 4.36. The number of nitrogens with zero attached hydrogens (tertiary/aromatic N) is 6. The molecule has 3 aromatic heterocycles. The van der Waals surface area contributed by atoms with Gasteiger partial charge in [-0.25, -0.2) is 13.8 Å². The van der Waals surface area contributed by atoms with Gasteiger partial charge in [-0.1, -0.05) is 11.3 Å². The molecular weight excluding hydrogens is 613 g/mol. The van der Waals surface area contributed by atoms with Crippen LogP contribution >= 0.6 is 11.3 Å². The highest BCUT2D eigenvalue weighted by atomic mass is 32.1. The summed E-state index contributed by atoms with van der Waals surface area (Å²) in [4.78, 5) is 43.9. The molecule has 12 nitrogen and oxygen atoms in total. The van der Waals surface area contributed by atoms with Crippen LogP contribution in [0, 0.1) is 30.0 Å². The number of aromatic nitrogens is 5. The van der Waals surface area contributed by atoms with E-state index in [4.69, 9.17) is 9.47 Å². The van der Waals surface area contributed by atoms with Crippen molar-refractivity contribution in [1.82, 2.24) is 29.4 Å². The van der Waals surface area contributed by atoms with Crippen molar-refractivity contribution in [3.05, 3.63) is 68.4 Å². The van der Waals surface area contributed by atoms with Crippen molar-refractivity contribution >= 4 is 27.5 Å². The molecule has 0 radical (unpaired) electrons. The summed E-state index contributed by atoms with van der Waals surface area (Å²) >= 11 is 1.16. The van der Waals surface area contributed by atoms with Crippen LogP contribution < -0.4 is 21.3 Å². The number of carbonyl (C=O) groups is 1. The number of nitriles is 1. The predicted molar refractivity (Wildman–Crippen MR) is 171 cm³/mol. The second-order valence-corrected chi connectivity index (χ2v) is 13.3. The van der Waals surface area contributed by atoms with E-state index < -0.39 is 34.6 Å². The summed E-state index contributed by atoms with van der Waals surface area (Å²) in [6, 6.07) is 6.19. The van der Waals surface area contributed by atoms with Crippen LogP contribution in [0.15, 0.2) is 40.2 Å². The van der Waals surface area contributed by atoms with Crippen molar-refractivity contribution in [1.29, 1.82) is 5.26 Å². The van der Waals surface area contributed by atoms with E-state index in [1.807, 2.05) is 0 Å². The number of halogens is 1. The first-order chi connectivity index (χ1) is 21.9. The Kier molecular flexibility index (Phi) is 9.46. The van der Waals surface area contributed by atoms with Crippen molar-refractivity contribution < 1.29 is 18.7 Å². The Bertz CT molecular complexity index is 1900. The highest BCUT2D eigenvalue weighted by Gasteiger charge is 2.37. The van der Waals surface area contributed by atoms with Crippen molar-refractivity contribution in [2.45, 2.75) is 90.6 Å². The molecule has 3 heterocycles. The lowest BCUT2D eigenvalue weighted by atomic mass is 9.88. The van der Waals surface area contributed by atoms with Crippen LogP contribution in [0.3, 0.4) is 0 Å². The van der Waals surface area contributed by atoms with Gasteiger partial charge < -0.3 is 14.8 Å². The van der Waals surface area contributed by atoms with Crippen molar-refractivity contribution in [3.8, 4) is 16.8 Å². The Labute approximate surface area is 269 Å².